The maximum absolute atomic E-state index is 14.6. The minimum atomic E-state index is -3.37. The van der Waals surface area contributed by atoms with E-state index in [0.717, 1.165) is 23.3 Å². The Hall–Kier alpha value is -2.98. The second-order valence-electron chi connectivity index (χ2n) is 8.72. The average molecular weight is 504 g/mol. The number of para-hydroxylation sites is 1. The highest BCUT2D eigenvalue weighted by Crippen LogP contribution is 2.57. The van der Waals surface area contributed by atoms with Crippen molar-refractivity contribution in [1.29, 1.82) is 0 Å². The smallest absolute Gasteiger partial charge is 0.304 e. The summed E-state index contributed by atoms with van der Waals surface area (Å²) in [6.07, 6.45) is -0.705. The van der Waals surface area contributed by atoms with Crippen LogP contribution in [0.3, 0.4) is 0 Å². The molecule has 2 atom stereocenters. The topological polar surface area (TPSA) is 90.2 Å². The summed E-state index contributed by atoms with van der Waals surface area (Å²) in [4.78, 5) is 11.9. The number of carboxylic acid groups (broad SMARTS) is 1. The van der Waals surface area contributed by atoms with Gasteiger partial charge in [-0.05, 0) is 54.3 Å². The lowest BCUT2D eigenvalue weighted by molar-refractivity contribution is -0.137. The molecule has 6 nitrogen and oxygen atoms in total. The minimum absolute atomic E-state index is 0.0820. The molecule has 0 aromatic heterocycles. The second-order valence-corrected chi connectivity index (χ2v) is 10.7. The normalized spacial score (nSPS) is 19.2. The van der Waals surface area contributed by atoms with Crippen LogP contribution >= 0.6 is 10.8 Å². The van der Waals surface area contributed by atoms with Crippen LogP contribution in [0, 0.1) is 18.6 Å². The van der Waals surface area contributed by atoms with Gasteiger partial charge in [0.05, 0.1) is 13.0 Å². The fourth-order valence-corrected chi connectivity index (χ4v) is 6.01. The predicted molar refractivity (Wildman–Crippen MR) is 130 cm³/mol. The van der Waals surface area contributed by atoms with E-state index in [0.29, 0.717) is 16.2 Å². The Morgan fingerprint density at radius 1 is 1.14 bits per heavy atom. The third-order valence-electron chi connectivity index (χ3n) is 6.13. The summed E-state index contributed by atoms with van der Waals surface area (Å²) in [5.74, 6) is -3.11. The Balaban J connectivity index is 1.72. The molecular formula is C26H27F2NO5S. The van der Waals surface area contributed by atoms with Gasteiger partial charge < -0.3 is 9.84 Å². The summed E-state index contributed by atoms with van der Waals surface area (Å²) in [6.45, 7) is 4.09. The van der Waals surface area contributed by atoms with Crippen molar-refractivity contribution in [2.24, 2.45) is 0 Å². The monoisotopic (exact) mass is 503 g/mol. The highest BCUT2D eigenvalue weighted by atomic mass is 32.3. The molecule has 4 rings (SSSR count). The molecule has 3 N–H and O–H groups in total. The Morgan fingerprint density at radius 2 is 1.89 bits per heavy atom. The summed E-state index contributed by atoms with van der Waals surface area (Å²) in [7, 11) is -3.37. The van der Waals surface area contributed by atoms with Crippen LogP contribution in [0.5, 0.6) is 5.75 Å². The molecule has 0 saturated heterocycles. The first kappa shape index (κ1) is 25.1. The fraction of sp³-hybridized carbons (Fsp3) is 0.269. The molecule has 3 aromatic carbocycles. The number of fused-ring (bicyclic) bond motifs is 1. The highest BCUT2D eigenvalue weighted by molar-refractivity contribution is 8.22. The number of halogens is 2. The molecule has 0 bridgehead atoms. The number of benzene rings is 3. The van der Waals surface area contributed by atoms with E-state index in [1.165, 1.54) is 6.07 Å². The van der Waals surface area contributed by atoms with Crippen molar-refractivity contribution in [1.82, 2.24) is 4.31 Å². The molecular weight excluding hydrogens is 476 g/mol. The molecule has 0 radical (unpaired) electrons. The zero-order chi connectivity index (χ0) is 25.3. The van der Waals surface area contributed by atoms with Gasteiger partial charge in [-0.3, -0.25) is 13.9 Å². The Labute approximate surface area is 204 Å². The number of hydrogen-bond acceptors (Lipinski definition) is 5. The minimum Gasteiger partial charge on any atom is -0.487 e. The van der Waals surface area contributed by atoms with E-state index in [4.69, 9.17) is 4.74 Å². The van der Waals surface area contributed by atoms with Gasteiger partial charge in [0, 0.05) is 18.5 Å². The maximum atomic E-state index is 14.6. The van der Waals surface area contributed by atoms with Crippen LogP contribution in [0.25, 0.3) is 0 Å². The van der Waals surface area contributed by atoms with Gasteiger partial charge in [-0.1, -0.05) is 36.4 Å². The van der Waals surface area contributed by atoms with Gasteiger partial charge in [0.1, 0.15) is 28.4 Å². The van der Waals surface area contributed by atoms with Gasteiger partial charge >= 0.3 is 5.97 Å². The number of aliphatic carboxylic acids is 1. The van der Waals surface area contributed by atoms with E-state index in [1.54, 1.807) is 46.8 Å². The summed E-state index contributed by atoms with van der Waals surface area (Å²) < 4.78 is 57.9. The van der Waals surface area contributed by atoms with Crippen LogP contribution in [-0.4, -0.2) is 37.1 Å². The number of nitrogens with zero attached hydrogens (tertiary/aromatic N) is 1. The molecule has 0 aliphatic carbocycles. The quantitative estimate of drug-likeness (QED) is 0.372. The van der Waals surface area contributed by atoms with Crippen LogP contribution in [0.1, 0.15) is 41.5 Å². The lowest BCUT2D eigenvalue weighted by Crippen LogP contribution is -2.33. The van der Waals surface area contributed by atoms with Crippen molar-refractivity contribution in [2.45, 2.75) is 43.7 Å². The van der Waals surface area contributed by atoms with Crippen molar-refractivity contribution in [2.75, 3.05) is 6.54 Å². The zero-order valence-electron chi connectivity index (χ0n) is 19.3. The van der Waals surface area contributed by atoms with E-state index in [-0.39, 0.29) is 31.2 Å². The van der Waals surface area contributed by atoms with Crippen molar-refractivity contribution in [3.8, 4) is 5.75 Å². The molecule has 0 fully saturated rings. The molecule has 1 aliphatic rings. The maximum Gasteiger partial charge on any atom is 0.304 e. The molecule has 0 spiro atoms. The number of rotatable bonds is 6. The van der Waals surface area contributed by atoms with Gasteiger partial charge in [0.2, 0.25) is 0 Å². The van der Waals surface area contributed by atoms with Crippen LogP contribution < -0.4 is 4.74 Å². The van der Waals surface area contributed by atoms with E-state index in [9.17, 15) is 27.8 Å². The van der Waals surface area contributed by atoms with Gasteiger partial charge in [-0.25, -0.2) is 8.78 Å². The molecule has 0 amide bonds. The number of ether oxygens (including phenoxy) is 1. The second kappa shape index (κ2) is 9.94. The lowest BCUT2D eigenvalue weighted by atomic mass is 9.86. The summed E-state index contributed by atoms with van der Waals surface area (Å²) >= 11 is 0. The number of carbonyl (C=O) groups is 1. The average Bonchev–Trinajstić information content (AvgIpc) is 2.87. The molecule has 2 unspecified atom stereocenters. The van der Waals surface area contributed by atoms with Crippen molar-refractivity contribution >= 4 is 16.7 Å². The molecule has 1 heterocycles. The van der Waals surface area contributed by atoms with Crippen LogP contribution in [0.2, 0.25) is 0 Å². The van der Waals surface area contributed by atoms with E-state index in [1.807, 2.05) is 13.8 Å². The SMILES string of the molecule is Cc1ccc(C(CC(=O)O)c2ccc(F)cc2F)cc1CN1CC(C)Oc2ccccc2S1(O)O. The van der Waals surface area contributed by atoms with E-state index in [2.05, 4.69) is 0 Å². The van der Waals surface area contributed by atoms with Crippen LogP contribution in [0.4, 0.5) is 8.78 Å². The van der Waals surface area contributed by atoms with E-state index < -0.39 is 34.3 Å². The highest BCUT2D eigenvalue weighted by Gasteiger charge is 2.34. The third-order valence-corrected chi connectivity index (χ3v) is 8.06. The van der Waals surface area contributed by atoms with Crippen LogP contribution in [-0.2, 0) is 11.3 Å². The van der Waals surface area contributed by atoms with Crippen molar-refractivity contribution < 1.29 is 32.5 Å². The predicted octanol–water partition coefficient (Wildman–Crippen LogP) is 6.19. The summed E-state index contributed by atoms with van der Waals surface area (Å²) in [5, 5.41) is 9.48. The first-order valence-electron chi connectivity index (χ1n) is 11.1. The standard InChI is InChI=1S/C26H27F2NO5S/c1-16-7-8-18(22(13-26(30)31)21-10-9-20(27)12-23(21)28)11-19(16)15-29-14-17(2)34-24-5-3-4-6-25(24)35(29,32)33/h3-12,17,22,32-33H,13-15H2,1-2H3,(H,30,31). The number of carboxylic acids is 1. The summed E-state index contributed by atoms with van der Waals surface area (Å²) in [5.41, 5.74) is 2.20. The van der Waals surface area contributed by atoms with Gasteiger partial charge in [0.25, 0.3) is 0 Å². The Bertz CT molecular complexity index is 1250. The molecule has 186 valence electrons. The first-order valence-corrected chi connectivity index (χ1v) is 12.6. The van der Waals surface area contributed by atoms with E-state index >= 15 is 0 Å². The molecule has 1 aliphatic heterocycles. The largest absolute Gasteiger partial charge is 0.487 e. The fourth-order valence-electron chi connectivity index (χ4n) is 4.35. The first-order chi connectivity index (χ1) is 16.6. The Kier molecular flexibility index (Phi) is 7.14. The van der Waals surface area contributed by atoms with Crippen molar-refractivity contribution in [3.05, 3.63) is 94.6 Å². The number of aryl methyl sites for hydroxylation is 1. The third kappa shape index (κ3) is 5.33. The van der Waals surface area contributed by atoms with Gasteiger partial charge in [0.15, 0.2) is 0 Å². The molecule has 3 aromatic rings. The summed E-state index contributed by atoms with van der Waals surface area (Å²) in [6, 6.07) is 15.2. The van der Waals surface area contributed by atoms with Gasteiger partial charge in [-0.2, -0.15) is 4.31 Å². The molecule has 0 saturated carbocycles. The molecule has 35 heavy (non-hydrogen) atoms. The Morgan fingerprint density at radius 3 is 2.60 bits per heavy atom. The molecule has 9 heteroatoms. The van der Waals surface area contributed by atoms with Crippen molar-refractivity contribution in [3.63, 3.8) is 0 Å². The van der Waals surface area contributed by atoms with Crippen LogP contribution in [0.15, 0.2) is 65.6 Å². The zero-order valence-corrected chi connectivity index (χ0v) is 20.1. The lowest BCUT2D eigenvalue weighted by Gasteiger charge is -2.42. The number of hydrogen-bond donors (Lipinski definition) is 3. The van der Waals surface area contributed by atoms with Gasteiger partial charge in [-0.15, -0.1) is 10.8 Å².